The molecule has 0 radical (unpaired) electrons. The third kappa shape index (κ3) is 3.71. The second-order valence-corrected chi connectivity index (χ2v) is 4.91. The third-order valence-corrected chi connectivity index (χ3v) is 3.23. The van der Waals surface area contributed by atoms with Crippen molar-refractivity contribution in [3.8, 4) is 0 Å². The molecule has 0 aliphatic carbocycles. The lowest BCUT2D eigenvalue weighted by atomic mass is 10.2. The van der Waals surface area contributed by atoms with Gasteiger partial charge in [0.05, 0.1) is 25.5 Å². The molecule has 1 N–H and O–H groups in total. The van der Waals surface area contributed by atoms with Crippen LogP contribution in [0.4, 0.5) is 0 Å². The minimum Gasteiger partial charge on any atom is -0.467 e. The second-order valence-electron chi connectivity index (χ2n) is 4.91. The second kappa shape index (κ2) is 6.38. The fourth-order valence-electron chi connectivity index (χ4n) is 1.95. The molecule has 108 valence electrons. The first-order chi connectivity index (χ1) is 9.56. The Labute approximate surface area is 118 Å². The molecule has 2 rings (SSSR count). The van der Waals surface area contributed by atoms with Gasteiger partial charge in [0.15, 0.2) is 0 Å². The van der Waals surface area contributed by atoms with Crippen LogP contribution in [-0.4, -0.2) is 34.2 Å². The number of aromatic nitrogens is 2. The smallest absolute Gasteiger partial charge is 0.234 e. The van der Waals surface area contributed by atoms with Gasteiger partial charge < -0.3 is 9.73 Å². The van der Waals surface area contributed by atoms with Crippen molar-refractivity contribution in [1.82, 2.24) is 20.0 Å². The average molecular weight is 276 g/mol. The zero-order valence-electron chi connectivity index (χ0n) is 12.1. The Kier molecular flexibility index (Phi) is 4.57. The van der Waals surface area contributed by atoms with Crippen molar-refractivity contribution in [2.75, 3.05) is 13.6 Å². The van der Waals surface area contributed by atoms with Gasteiger partial charge >= 0.3 is 0 Å². The fourth-order valence-corrected chi connectivity index (χ4v) is 1.95. The molecule has 0 saturated carbocycles. The number of rotatable bonds is 6. The summed E-state index contributed by atoms with van der Waals surface area (Å²) in [5.74, 6) is 0.731. The Morgan fingerprint density at radius 2 is 2.35 bits per heavy atom. The van der Waals surface area contributed by atoms with Crippen molar-refractivity contribution < 1.29 is 9.21 Å². The standard InChI is InChI=1S/C14H20N4O2/c1-11-12(7-16-18(11)3)9-17(2)10-14(19)15-8-13-5-4-6-20-13/h4-7H,8-10H2,1-3H3,(H,15,19). The molecule has 6 heteroatoms. The van der Waals surface area contributed by atoms with E-state index in [9.17, 15) is 4.79 Å². The summed E-state index contributed by atoms with van der Waals surface area (Å²) in [6, 6.07) is 3.64. The van der Waals surface area contributed by atoms with E-state index in [0.29, 0.717) is 19.6 Å². The van der Waals surface area contributed by atoms with E-state index in [1.54, 1.807) is 12.3 Å². The van der Waals surface area contributed by atoms with Gasteiger partial charge in [0.1, 0.15) is 5.76 Å². The minimum absolute atomic E-state index is 0.0227. The number of nitrogens with one attached hydrogen (secondary N) is 1. The summed E-state index contributed by atoms with van der Waals surface area (Å²) in [7, 11) is 3.83. The van der Waals surface area contributed by atoms with E-state index in [-0.39, 0.29) is 5.91 Å². The molecule has 6 nitrogen and oxygen atoms in total. The predicted molar refractivity (Wildman–Crippen MR) is 74.8 cm³/mol. The summed E-state index contributed by atoms with van der Waals surface area (Å²) in [5, 5.41) is 7.02. The first-order valence-corrected chi connectivity index (χ1v) is 6.51. The van der Waals surface area contributed by atoms with Crippen LogP contribution in [0.15, 0.2) is 29.0 Å². The molecular formula is C14H20N4O2. The lowest BCUT2D eigenvalue weighted by Crippen LogP contribution is -2.34. The highest BCUT2D eigenvalue weighted by molar-refractivity contribution is 5.77. The van der Waals surface area contributed by atoms with Crippen LogP contribution in [-0.2, 0) is 24.9 Å². The van der Waals surface area contributed by atoms with Crippen LogP contribution >= 0.6 is 0 Å². The van der Waals surface area contributed by atoms with Crippen molar-refractivity contribution in [3.63, 3.8) is 0 Å². The normalized spacial score (nSPS) is 11.0. The number of aryl methyl sites for hydroxylation is 1. The number of nitrogens with zero attached hydrogens (tertiary/aromatic N) is 3. The molecule has 0 aliphatic heterocycles. The first-order valence-electron chi connectivity index (χ1n) is 6.51. The van der Waals surface area contributed by atoms with Crippen molar-refractivity contribution in [2.45, 2.75) is 20.0 Å². The topological polar surface area (TPSA) is 63.3 Å². The molecule has 2 heterocycles. The molecule has 0 aromatic carbocycles. The lowest BCUT2D eigenvalue weighted by molar-refractivity contribution is -0.122. The highest BCUT2D eigenvalue weighted by Gasteiger charge is 2.10. The van der Waals surface area contributed by atoms with Crippen LogP contribution < -0.4 is 5.32 Å². The fraction of sp³-hybridized carbons (Fsp3) is 0.429. The van der Waals surface area contributed by atoms with Crippen molar-refractivity contribution in [2.24, 2.45) is 7.05 Å². The van der Waals surface area contributed by atoms with Crippen molar-refractivity contribution >= 4 is 5.91 Å². The maximum absolute atomic E-state index is 11.8. The maximum atomic E-state index is 11.8. The van der Waals surface area contributed by atoms with Gasteiger partial charge in [-0.1, -0.05) is 0 Å². The summed E-state index contributed by atoms with van der Waals surface area (Å²) >= 11 is 0. The first kappa shape index (κ1) is 14.3. The molecule has 2 aromatic rings. The summed E-state index contributed by atoms with van der Waals surface area (Å²) in [5.41, 5.74) is 2.25. The van der Waals surface area contributed by atoms with Gasteiger partial charge in [0.25, 0.3) is 0 Å². The lowest BCUT2D eigenvalue weighted by Gasteiger charge is -2.15. The van der Waals surface area contributed by atoms with Gasteiger partial charge in [-0.25, -0.2) is 0 Å². The van der Waals surface area contributed by atoms with Crippen LogP contribution in [0.2, 0.25) is 0 Å². The van der Waals surface area contributed by atoms with Crippen molar-refractivity contribution in [1.29, 1.82) is 0 Å². The molecule has 0 spiro atoms. The van der Waals surface area contributed by atoms with E-state index >= 15 is 0 Å². The minimum atomic E-state index is -0.0227. The third-order valence-electron chi connectivity index (χ3n) is 3.23. The summed E-state index contributed by atoms with van der Waals surface area (Å²) in [4.78, 5) is 13.8. The van der Waals surface area contributed by atoms with Crippen molar-refractivity contribution in [3.05, 3.63) is 41.6 Å². The Morgan fingerprint density at radius 1 is 1.55 bits per heavy atom. The summed E-state index contributed by atoms with van der Waals surface area (Å²) in [6.07, 6.45) is 3.44. The molecule has 0 atom stereocenters. The molecule has 1 amide bonds. The highest BCUT2D eigenvalue weighted by Crippen LogP contribution is 2.08. The Bertz CT molecular complexity index is 560. The van der Waals surface area contributed by atoms with Crippen LogP contribution in [0.25, 0.3) is 0 Å². The zero-order valence-corrected chi connectivity index (χ0v) is 12.1. The summed E-state index contributed by atoms with van der Waals surface area (Å²) < 4.78 is 7.00. The Balaban J connectivity index is 1.77. The van der Waals surface area contributed by atoms with Gasteiger partial charge in [-0.2, -0.15) is 5.10 Å². The van der Waals surface area contributed by atoms with Gasteiger partial charge in [0.2, 0.25) is 5.91 Å². The number of likely N-dealkylation sites (N-methyl/N-ethyl adjacent to an activating group) is 1. The van der Waals surface area contributed by atoms with Gasteiger partial charge in [-0.15, -0.1) is 0 Å². The summed E-state index contributed by atoms with van der Waals surface area (Å²) in [6.45, 7) is 3.49. The monoisotopic (exact) mass is 276 g/mol. The van der Waals surface area contributed by atoms with E-state index in [2.05, 4.69) is 10.4 Å². The SMILES string of the molecule is Cc1c(CN(C)CC(=O)NCc2ccco2)cnn1C. The van der Waals surface area contributed by atoms with E-state index < -0.39 is 0 Å². The average Bonchev–Trinajstić information content (AvgIpc) is 3.02. The number of carbonyl (C=O) groups excluding carboxylic acids is 1. The van der Waals surface area contributed by atoms with E-state index in [0.717, 1.165) is 17.0 Å². The van der Waals surface area contributed by atoms with Crippen LogP contribution in [0.5, 0.6) is 0 Å². The Morgan fingerprint density at radius 3 is 2.95 bits per heavy atom. The number of carbonyl (C=O) groups is 1. The van der Waals surface area contributed by atoms with Crippen LogP contribution in [0.3, 0.4) is 0 Å². The van der Waals surface area contributed by atoms with Gasteiger partial charge in [-0.3, -0.25) is 14.4 Å². The molecule has 0 unspecified atom stereocenters. The molecule has 0 saturated heterocycles. The van der Waals surface area contributed by atoms with Crippen LogP contribution in [0.1, 0.15) is 17.0 Å². The zero-order chi connectivity index (χ0) is 14.5. The maximum Gasteiger partial charge on any atom is 0.234 e. The van der Waals surface area contributed by atoms with Crippen LogP contribution in [0, 0.1) is 6.92 Å². The number of hydrogen-bond donors (Lipinski definition) is 1. The van der Waals surface area contributed by atoms with Gasteiger partial charge in [0, 0.05) is 24.8 Å². The predicted octanol–water partition coefficient (Wildman–Crippen LogP) is 1.07. The molecule has 2 aromatic heterocycles. The molecule has 0 bridgehead atoms. The van der Waals surface area contributed by atoms with E-state index in [4.69, 9.17) is 4.42 Å². The van der Waals surface area contributed by atoms with E-state index in [1.165, 1.54) is 0 Å². The van der Waals surface area contributed by atoms with E-state index in [1.807, 2.05) is 42.9 Å². The largest absolute Gasteiger partial charge is 0.467 e. The highest BCUT2D eigenvalue weighted by atomic mass is 16.3. The molecular weight excluding hydrogens is 256 g/mol. The molecule has 0 fully saturated rings. The Hall–Kier alpha value is -2.08. The number of furan rings is 1. The molecule has 20 heavy (non-hydrogen) atoms. The number of amides is 1. The quantitative estimate of drug-likeness (QED) is 0.857. The number of hydrogen-bond acceptors (Lipinski definition) is 4. The van der Waals surface area contributed by atoms with Gasteiger partial charge in [-0.05, 0) is 26.1 Å². The molecule has 0 aliphatic rings.